The van der Waals surface area contributed by atoms with Gasteiger partial charge < -0.3 is 4.57 Å². The molecule has 0 atom stereocenters. The highest BCUT2D eigenvalue weighted by molar-refractivity contribution is 7.89. The Morgan fingerprint density at radius 1 is 1.00 bits per heavy atom. The molecule has 5 heteroatoms. The lowest BCUT2D eigenvalue weighted by Gasteiger charge is -2.26. The van der Waals surface area contributed by atoms with Crippen molar-refractivity contribution in [2.24, 2.45) is 7.05 Å². The first-order valence-electron chi connectivity index (χ1n) is 8.77. The Kier molecular flexibility index (Phi) is 4.21. The summed E-state index contributed by atoms with van der Waals surface area (Å²) in [4.78, 5) is 0.366. The van der Waals surface area contributed by atoms with Gasteiger partial charge in [-0.25, -0.2) is 8.42 Å². The van der Waals surface area contributed by atoms with E-state index in [-0.39, 0.29) is 0 Å². The summed E-state index contributed by atoms with van der Waals surface area (Å²) < 4.78 is 29.4. The van der Waals surface area contributed by atoms with E-state index in [1.165, 1.54) is 22.0 Å². The number of rotatable bonds is 3. The minimum atomic E-state index is -3.44. The van der Waals surface area contributed by atoms with Crippen molar-refractivity contribution >= 4 is 26.5 Å². The summed E-state index contributed by atoms with van der Waals surface area (Å²) in [7, 11) is -1.39. The molecule has 2 heterocycles. The Balaban J connectivity index is 1.63. The van der Waals surface area contributed by atoms with E-state index >= 15 is 0 Å². The second kappa shape index (κ2) is 6.41. The lowest BCUT2D eigenvalue weighted by molar-refractivity contribution is 0.441. The van der Waals surface area contributed by atoms with E-state index in [1.54, 1.807) is 16.4 Å². The molecule has 4 rings (SSSR count). The Morgan fingerprint density at radius 2 is 1.73 bits per heavy atom. The van der Waals surface area contributed by atoms with Crippen LogP contribution in [0.25, 0.3) is 16.5 Å². The van der Waals surface area contributed by atoms with Gasteiger partial charge in [-0.1, -0.05) is 42.0 Å². The minimum absolute atomic E-state index is 0.366. The van der Waals surface area contributed by atoms with Gasteiger partial charge in [0.1, 0.15) is 0 Å². The maximum absolute atomic E-state index is 12.9. The Bertz CT molecular complexity index is 1090. The van der Waals surface area contributed by atoms with Crippen molar-refractivity contribution in [1.29, 1.82) is 0 Å². The van der Waals surface area contributed by atoms with E-state index in [9.17, 15) is 8.42 Å². The van der Waals surface area contributed by atoms with Crippen molar-refractivity contribution in [3.63, 3.8) is 0 Å². The van der Waals surface area contributed by atoms with E-state index in [2.05, 4.69) is 29.0 Å². The third-order valence-electron chi connectivity index (χ3n) is 5.07. The number of nitrogens with zero attached hydrogens (tertiary/aromatic N) is 2. The van der Waals surface area contributed by atoms with Crippen molar-refractivity contribution in [3.8, 4) is 0 Å². The third kappa shape index (κ3) is 2.87. The van der Waals surface area contributed by atoms with Crippen LogP contribution < -0.4 is 0 Å². The maximum atomic E-state index is 12.9. The van der Waals surface area contributed by atoms with Crippen molar-refractivity contribution in [1.82, 2.24) is 8.87 Å². The Labute approximate surface area is 154 Å². The van der Waals surface area contributed by atoms with Crippen LogP contribution >= 0.6 is 0 Å². The summed E-state index contributed by atoms with van der Waals surface area (Å²) in [6, 6.07) is 15.4. The first-order chi connectivity index (χ1) is 12.5. The smallest absolute Gasteiger partial charge is 0.243 e. The van der Waals surface area contributed by atoms with Crippen molar-refractivity contribution in [3.05, 3.63) is 71.9 Å². The molecule has 0 amide bonds. The molecule has 0 N–H and O–H groups in total. The summed E-state index contributed by atoms with van der Waals surface area (Å²) in [5, 5.41) is 1.22. The minimum Gasteiger partial charge on any atom is -0.350 e. The molecule has 26 heavy (non-hydrogen) atoms. The molecule has 0 bridgehead atoms. The van der Waals surface area contributed by atoms with Crippen LogP contribution in [0.5, 0.6) is 0 Å². The van der Waals surface area contributed by atoms with Gasteiger partial charge in [0.2, 0.25) is 10.0 Å². The number of fused-ring (bicyclic) bond motifs is 1. The number of hydrogen-bond acceptors (Lipinski definition) is 2. The first kappa shape index (κ1) is 17.1. The molecule has 1 aromatic heterocycles. The first-order valence-corrected chi connectivity index (χ1v) is 10.2. The lowest BCUT2D eigenvalue weighted by atomic mass is 10.00. The van der Waals surface area contributed by atoms with Crippen LogP contribution in [-0.2, 0) is 17.1 Å². The van der Waals surface area contributed by atoms with Gasteiger partial charge in [-0.2, -0.15) is 4.31 Å². The monoisotopic (exact) mass is 366 g/mol. The molecule has 0 radical (unpaired) electrons. The summed E-state index contributed by atoms with van der Waals surface area (Å²) in [6.45, 7) is 2.87. The van der Waals surface area contributed by atoms with E-state index < -0.39 is 10.0 Å². The van der Waals surface area contributed by atoms with E-state index in [0.29, 0.717) is 18.0 Å². The van der Waals surface area contributed by atoms with Gasteiger partial charge in [0.15, 0.2) is 0 Å². The van der Waals surface area contributed by atoms with Crippen molar-refractivity contribution in [2.45, 2.75) is 18.2 Å². The van der Waals surface area contributed by atoms with Crippen LogP contribution in [0.4, 0.5) is 0 Å². The summed E-state index contributed by atoms with van der Waals surface area (Å²) in [6.07, 6.45) is 4.91. The summed E-state index contributed by atoms with van der Waals surface area (Å²) in [5.74, 6) is 0. The second-order valence-electron chi connectivity index (χ2n) is 6.83. The zero-order chi connectivity index (χ0) is 18.3. The molecule has 4 nitrogen and oxygen atoms in total. The molecule has 0 fully saturated rings. The number of hydrogen-bond donors (Lipinski definition) is 0. The highest BCUT2D eigenvalue weighted by Gasteiger charge is 2.26. The number of para-hydroxylation sites is 1. The Morgan fingerprint density at radius 3 is 2.42 bits per heavy atom. The fourth-order valence-corrected chi connectivity index (χ4v) is 4.95. The van der Waals surface area contributed by atoms with Crippen LogP contribution in [0.15, 0.2) is 65.7 Å². The Hall–Kier alpha value is -2.37. The van der Waals surface area contributed by atoms with Crippen LogP contribution in [-0.4, -0.2) is 30.4 Å². The fraction of sp³-hybridized carbons (Fsp3) is 0.238. The van der Waals surface area contributed by atoms with Crippen molar-refractivity contribution < 1.29 is 8.42 Å². The molecule has 0 saturated heterocycles. The van der Waals surface area contributed by atoms with Gasteiger partial charge in [0.05, 0.1) is 4.90 Å². The molecule has 1 aliphatic rings. The summed E-state index contributed by atoms with van der Waals surface area (Å²) in [5.41, 5.74) is 4.67. The van der Waals surface area contributed by atoms with Crippen molar-refractivity contribution in [2.75, 3.05) is 13.1 Å². The zero-order valence-corrected chi connectivity index (χ0v) is 15.8. The normalized spacial score (nSPS) is 16.0. The standard InChI is InChI=1S/C21H22N2O2S/c1-16-7-9-18(10-8-16)26(24,25)23-13-11-17(12-14-23)20-15-22(2)21-6-4-3-5-19(20)21/h3-11,15H,12-14H2,1-2H3. The van der Waals surface area contributed by atoms with Gasteiger partial charge in [-0.05, 0) is 37.1 Å². The van der Waals surface area contributed by atoms with Crippen LogP contribution in [0, 0.1) is 6.92 Å². The average molecular weight is 366 g/mol. The molecular weight excluding hydrogens is 344 g/mol. The van der Waals surface area contributed by atoms with Gasteiger partial charge in [0.25, 0.3) is 0 Å². The number of sulfonamides is 1. The molecule has 1 aliphatic heterocycles. The number of aromatic nitrogens is 1. The molecular formula is C21H22N2O2S. The predicted octanol–water partition coefficient (Wildman–Crippen LogP) is 3.96. The quantitative estimate of drug-likeness (QED) is 0.704. The average Bonchev–Trinajstić information content (AvgIpc) is 2.99. The third-order valence-corrected chi connectivity index (χ3v) is 6.95. The van der Waals surface area contributed by atoms with Crippen LogP contribution in [0.2, 0.25) is 0 Å². The maximum Gasteiger partial charge on any atom is 0.243 e. The van der Waals surface area contributed by atoms with Gasteiger partial charge >= 0.3 is 0 Å². The molecule has 0 saturated carbocycles. The van der Waals surface area contributed by atoms with Gasteiger partial charge in [0, 0.05) is 42.8 Å². The lowest BCUT2D eigenvalue weighted by Crippen LogP contribution is -2.34. The van der Waals surface area contributed by atoms with E-state index in [4.69, 9.17) is 0 Å². The van der Waals surface area contributed by atoms with Crippen LogP contribution in [0.3, 0.4) is 0 Å². The molecule has 3 aromatic rings. The topological polar surface area (TPSA) is 42.3 Å². The van der Waals surface area contributed by atoms with E-state index in [0.717, 1.165) is 12.0 Å². The molecule has 0 aliphatic carbocycles. The SMILES string of the molecule is Cc1ccc(S(=O)(=O)N2CC=C(c3cn(C)c4ccccc34)CC2)cc1. The fourth-order valence-electron chi connectivity index (χ4n) is 3.57. The largest absolute Gasteiger partial charge is 0.350 e. The zero-order valence-electron chi connectivity index (χ0n) is 15.0. The highest BCUT2D eigenvalue weighted by Crippen LogP contribution is 2.31. The molecule has 2 aromatic carbocycles. The van der Waals surface area contributed by atoms with Gasteiger partial charge in [-0.3, -0.25) is 0 Å². The van der Waals surface area contributed by atoms with E-state index in [1.807, 2.05) is 38.2 Å². The molecule has 0 spiro atoms. The van der Waals surface area contributed by atoms with Gasteiger partial charge in [-0.15, -0.1) is 0 Å². The number of aryl methyl sites for hydroxylation is 2. The van der Waals surface area contributed by atoms with Crippen LogP contribution in [0.1, 0.15) is 17.5 Å². The molecule has 134 valence electrons. The summed E-state index contributed by atoms with van der Waals surface area (Å²) >= 11 is 0. The highest BCUT2D eigenvalue weighted by atomic mass is 32.2. The number of benzene rings is 2. The second-order valence-corrected chi connectivity index (χ2v) is 8.76. The predicted molar refractivity (Wildman–Crippen MR) is 105 cm³/mol. The molecule has 0 unspecified atom stereocenters.